The van der Waals surface area contributed by atoms with Crippen molar-refractivity contribution in [3.8, 4) is 11.8 Å². The maximum absolute atomic E-state index is 12.6. The molecule has 2 aliphatic rings. The molecule has 1 amide bonds. The Morgan fingerprint density at radius 3 is 2.72 bits per heavy atom. The lowest BCUT2D eigenvalue weighted by atomic mass is 9.92. The molecule has 0 radical (unpaired) electrons. The number of rotatable bonds is 5. The van der Waals surface area contributed by atoms with E-state index in [0.29, 0.717) is 18.6 Å². The number of hydrogen-bond donors (Lipinski definition) is 1. The first kappa shape index (κ1) is 21.8. The second-order valence-corrected chi connectivity index (χ2v) is 7.77. The lowest BCUT2D eigenvalue weighted by Gasteiger charge is -2.30. The van der Waals surface area contributed by atoms with Crippen molar-refractivity contribution < 1.29 is 22.7 Å². The third-order valence-corrected chi connectivity index (χ3v) is 5.76. The van der Waals surface area contributed by atoms with E-state index in [2.05, 4.69) is 10.6 Å². The lowest BCUT2D eigenvalue weighted by Crippen LogP contribution is -2.35. The number of fused-ring (bicyclic) bond motifs is 1. The number of carbonyl (C=O) groups excluding carboxylic acids is 1. The first-order chi connectivity index (χ1) is 15.3. The van der Waals surface area contributed by atoms with E-state index in [4.69, 9.17) is 4.74 Å². The fraction of sp³-hybridized carbons (Fsp3) is 0.333. The van der Waals surface area contributed by atoms with Crippen LogP contribution in [0.1, 0.15) is 49.9 Å². The largest absolute Gasteiger partial charge is 0.494 e. The molecule has 2 aromatic rings. The van der Waals surface area contributed by atoms with Crippen molar-refractivity contribution in [2.75, 3.05) is 6.61 Å². The van der Waals surface area contributed by atoms with E-state index in [-0.39, 0.29) is 11.7 Å². The predicted octanol–water partition coefficient (Wildman–Crippen LogP) is 5.54. The average molecular weight is 441 g/mol. The number of halogens is 3. The van der Waals surface area contributed by atoms with Gasteiger partial charge in [0.1, 0.15) is 11.8 Å². The minimum absolute atomic E-state index is 0.0470. The molecule has 1 saturated carbocycles. The van der Waals surface area contributed by atoms with Crippen LogP contribution in [0.2, 0.25) is 0 Å². The molecule has 0 atom stereocenters. The van der Waals surface area contributed by atoms with Crippen LogP contribution in [-0.4, -0.2) is 23.3 Å². The Hall–Kier alpha value is -3.47. The van der Waals surface area contributed by atoms with Crippen molar-refractivity contribution in [3.05, 3.63) is 59.5 Å². The van der Waals surface area contributed by atoms with Crippen molar-refractivity contribution in [1.82, 2.24) is 9.88 Å². The average Bonchev–Trinajstić information content (AvgIpc) is 2.84. The van der Waals surface area contributed by atoms with Crippen LogP contribution in [0.4, 0.5) is 13.2 Å². The minimum Gasteiger partial charge on any atom is -0.494 e. The summed E-state index contributed by atoms with van der Waals surface area (Å²) in [7, 11) is 0. The van der Waals surface area contributed by atoms with Gasteiger partial charge in [-0.15, -0.1) is 0 Å². The molecule has 0 spiro atoms. The van der Waals surface area contributed by atoms with Gasteiger partial charge in [0, 0.05) is 23.2 Å². The predicted molar refractivity (Wildman–Crippen MR) is 115 cm³/mol. The molecule has 0 aliphatic heterocycles. The first-order valence-corrected chi connectivity index (χ1v) is 10.5. The van der Waals surface area contributed by atoms with Gasteiger partial charge in [0.15, 0.2) is 0 Å². The van der Waals surface area contributed by atoms with Crippen LogP contribution in [0.5, 0.6) is 5.75 Å². The monoisotopic (exact) mass is 441 g/mol. The summed E-state index contributed by atoms with van der Waals surface area (Å²) >= 11 is 0. The molecule has 4 rings (SSSR count). The zero-order chi connectivity index (χ0) is 22.9. The Morgan fingerprint density at radius 2 is 2.09 bits per heavy atom. The number of allylic oxidation sites excluding steroid dienone is 5. The first-order valence-electron chi connectivity index (χ1n) is 10.5. The van der Waals surface area contributed by atoms with Crippen LogP contribution >= 0.6 is 0 Å². The van der Waals surface area contributed by atoms with Crippen molar-refractivity contribution in [3.63, 3.8) is 0 Å². The maximum Gasteiger partial charge on any atom is 0.471 e. The molecule has 8 heteroatoms. The molecule has 1 fully saturated rings. The SMILES string of the molecule is CCOc1ccc2c(C#N)c(C3=CC=C(NC(=O)C(F)(F)F)C=CC3)n(C3CCC3)c2c1. The zero-order valence-electron chi connectivity index (χ0n) is 17.5. The Kier molecular flexibility index (Phi) is 5.83. The quantitative estimate of drug-likeness (QED) is 0.662. The highest BCUT2D eigenvalue weighted by Gasteiger charge is 2.38. The molecule has 5 nitrogen and oxygen atoms in total. The summed E-state index contributed by atoms with van der Waals surface area (Å²) in [5.41, 5.74) is 3.06. The number of carbonyl (C=O) groups is 1. The van der Waals surface area contributed by atoms with Crippen LogP contribution in [0, 0.1) is 11.3 Å². The number of nitrogens with one attached hydrogen (secondary N) is 1. The van der Waals surface area contributed by atoms with Crippen LogP contribution in [0.25, 0.3) is 16.5 Å². The normalized spacial score (nSPS) is 16.6. The number of ether oxygens (including phenoxy) is 1. The number of benzene rings is 1. The summed E-state index contributed by atoms with van der Waals surface area (Å²) < 4.78 is 45.7. The molecule has 32 heavy (non-hydrogen) atoms. The fourth-order valence-electron chi connectivity index (χ4n) is 4.09. The molecular weight excluding hydrogens is 419 g/mol. The van der Waals surface area contributed by atoms with E-state index in [1.807, 2.05) is 30.4 Å². The van der Waals surface area contributed by atoms with Crippen molar-refractivity contribution in [1.29, 1.82) is 5.26 Å². The highest BCUT2D eigenvalue weighted by molar-refractivity contribution is 5.94. The van der Waals surface area contributed by atoms with E-state index in [1.54, 1.807) is 12.2 Å². The number of alkyl halides is 3. The van der Waals surface area contributed by atoms with Crippen LogP contribution in [-0.2, 0) is 4.79 Å². The standard InChI is InChI=1S/C24H22F3N3O2/c1-2-32-18-11-12-19-20(14-28)22(30(21(19)13-18)17-7-4-8-17)15-5-3-6-16(10-9-15)29-23(31)24(25,26)27/h3,6,9-13,17H,2,4-5,7-8H2,1H3,(H,29,31). The summed E-state index contributed by atoms with van der Waals surface area (Å²) in [6, 6.07) is 8.24. The highest BCUT2D eigenvalue weighted by Crippen LogP contribution is 2.42. The van der Waals surface area contributed by atoms with Crippen molar-refractivity contribution in [2.45, 2.75) is 44.8 Å². The third kappa shape index (κ3) is 4.03. The topological polar surface area (TPSA) is 67.0 Å². The van der Waals surface area contributed by atoms with Gasteiger partial charge in [-0.05, 0) is 62.5 Å². The van der Waals surface area contributed by atoms with Crippen molar-refractivity contribution >= 4 is 22.4 Å². The molecule has 0 saturated heterocycles. The van der Waals surface area contributed by atoms with Gasteiger partial charge in [0.2, 0.25) is 0 Å². The zero-order valence-corrected chi connectivity index (χ0v) is 17.5. The van der Waals surface area contributed by atoms with Crippen molar-refractivity contribution in [2.24, 2.45) is 0 Å². The summed E-state index contributed by atoms with van der Waals surface area (Å²) in [5, 5.41) is 12.7. The van der Waals surface area contributed by atoms with Gasteiger partial charge in [-0.2, -0.15) is 18.4 Å². The second-order valence-electron chi connectivity index (χ2n) is 7.77. The Morgan fingerprint density at radius 1 is 1.31 bits per heavy atom. The number of amides is 1. The van der Waals surface area contributed by atoms with E-state index in [9.17, 15) is 23.2 Å². The Labute approximate surface area is 183 Å². The van der Waals surface area contributed by atoms with Gasteiger partial charge >= 0.3 is 12.1 Å². The molecular formula is C24H22F3N3O2. The molecule has 1 aromatic carbocycles. The van der Waals surface area contributed by atoms with Crippen LogP contribution < -0.4 is 10.1 Å². The second kappa shape index (κ2) is 8.58. The van der Waals surface area contributed by atoms with Gasteiger partial charge in [0.05, 0.1) is 23.4 Å². The number of hydrogen-bond acceptors (Lipinski definition) is 3. The Balaban J connectivity index is 1.82. The summed E-state index contributed by atoms with van der Waals surface area (Å²) in [4.78, 5) is 11.3. The summed E-state index contributed by atoms with van der Waals surface area (Å²) in [6.07, 6.45) is 4.80. The number of nitrogens with zero attached hydrogens (tertiary/aromatic N) is 2. The molecule has 1 aromatic heterocycles. The summed E-state index contributed by atoms with van der Waals surface area (Å²) in [5.74, 6) is -1.30. The van der Waals surface area contributed by atoms with E-state index in [1.165, 1.54) is 12.2 Å². The van der Waals surface area contributed by atoms with Crippen LogP contribution in [0.3, 0.4) is 0 Å². The highest BCUT2D eigenvalue weighted by atomic mass is 19.4. The number of aromatic nitrogens is 1. The smallest absolute Gasteiger partial charge is 0.471 e. The van der Waals surface area contributed by atoms with E-state index < -0.39 is 12.1 Å². The fourth-order valence-corrected chi connectivity index (χ4v) is 4.09. The van der Waals surface area contributed by atoms with Gasteiger partial charge in [0.25, 0.3) is 0 Å². The third-order valence-electron chi connectivity index (χ3n) is 5.76. The molecule has 0 bridgehead atoms. The van der Waals surface area contributed by atoms with Gasteiger partial charge in [-0.25, -0.2) is 0 Å². The van der Waals surface area contributed by atoms with E-state index >= 15 is 0 Å². The molecule has 2 aliphatic carbocycles. The maximum atomic E-state index is 12.6. The lowest BCUT2D eigenvalue weighted by molar-refractivity contribution is -0.172. The molecule has 0 unspecified atom stereocenters. The molecule has 166 valence electrons. The Bertz CT molecular complexity index is 1190. The summed E-state index contributed by atoms with van der Waals surface area (Å²) in [6.45, 7) is 2.44. The van der Waals surface area contributed by atoms with Crippen LogP contribution in [0.15, 0.2) is 48.2 Å². The molecule has 1 heterocycles. The number of nitriles is 1. The van der Waals surface area contributed by atoms with Gasteiger partial charge in [-0.3, -0.25) is 4.79 Å². The minimum atomic E-state index is -4.96. The van der Waals surface area contributed by atoms with Gasteiger partial charge in [-0.1, -0.05) is 12.2 Å². The molecule has 1 N–H and O–H groups in total. The van der Waals surface area contributed by atoms with E-state index in [0.717, 1.165) is 47.2 Å². The van der Waals surface area contributed by atoms with Gasteiger partial charge < -0.3 is 14.6 Å².